The number of aromatic amines is 1. The minimum atomic E-state index is 0.678. The second-order valence-electron chi connectivity index (χ2n) is 6.56. The highest BCUT2D eigenvalue weighted by atomic mass is 15.1. The van der Waals surface area contributed by atoms with Crippen LogP contribution in [0.25, 0.3) is 0 Å². The molecule has 2 aliphatic rings. The van der Waals surface area contributed by atoms with Gasteiger partial charge in [0.2, 0.25) is 0 Å². The van der Waals surface area contributed by atoms with Crippen molar-refractivity contribution in [2.24, 2.45) is 0 Å². The molecule has 1 aromatic carbocycles. The third kappa shape index (κ3) is 2.62. The minimum Gasteiger partial charge on any atom is -0.299 e. The molecular formula is C18H23N3. The number of nitrogens with one attached hydrogen (secondary N) is 1. The van der Waals surface area contributed by atoms with Crippen molar-refractivity contribution in [1.29, 1.82) is 0 Å². The van der Waals surface area contributed by atoms with Gasteiger partial charge in [-0.25, -0.2) is 0 Å². The van der Waals surface area contributed by atoms with E-state index in [0.717, 1.165) is 12.5 Å². The molecule has 2 fully saturated rings. The average Bonchev–Trinajstić information content (AvgIpc) is 3.12. The normalized spacial score (nSPS) is 25.9. The first-order valence-corrected chi connectivity index (χ1v) is 8.19. The zero-order chi connectivity index (χ0) is 14.1. The van der Waals surface area contributed by atoms with Crippen molar-refractivity contribution in [1.82, 2.24) is 15.1 Å². The molecule has 0 atom stereocenters. The summed E-state index contributed by atoms with van der Waals surface area (Å²) in [4.78, 5) is 2.60. The molecule has 21 heavy (non-hydrogen) atoms. The summed E-state index contributed by atoms with van der Waals surface area (Å²) in [7, 11) is 0. The van der Waals surface area contributed by atoms with E-state index in [9.17, 15) is 0 Å². The number of likely N-dealkylation sites (tertiary alicyclic amines) is 1. The summed E-state index contributed by atoms with van der Waals surface area (Å²) in [5, 5.41) is 7.20. The number of benzene rings is 1. The van der Waals surface area contributed by atoms with Gasteiger partial charge in [0.25, 0.3) is 0 Å². The first-order chi connectivity index (χ1) is 10.4. The standard InChI is InChI=1S/C18H23N3/c1-2-6-17(14(5-1)13-21-9-3-4-10-21)15-11-16(12-15)18-7-8-19-20-18/h1-2,5-8,15-16H,3-4,9-13H2,(H,19,20). The molecule has 3 heteroatoms. The Labute approximate surface area is 126 Å². The van der Waals surface area contributed by atoms with Crippen LogP contribution in [0.2, 0.25) is 0 Å². The first kappa shape index (κ1) is 13.1. The summed E-state index contributed by atoms with van der Waals surface area (Å²) in [6.07, 6.45) is 7.13. The van der Waals surface area contributed by atoms with E-state index in [2.05, 4.69) is 45.4 Å². The Morgan fingerprint density at radius 1 is 1.05 bits per heavy atom. The van der Waals surface area contributed by atoms with E-state index in [0.29, 0.717) is 5.92 Å². The Bertz CT molecular complexity index is 578. The third-order valence-electron chi connectivity index (χ3n) is 5.19. The van der Waals surface area contributed by atoms with Crippen molar-refractivity contribution in [3.63, 3.8) is 0 Å². The summed E-state index contributed by atoms with van der Waals surface area (Å²) in [5.41, 5.74) is 4.44. The zero-order valence-corrected chi connectivity index (χ0v) is 12.5. The number of hydrogen-bond donors (Lipinski definition) is 1. The molecule has 0 unspecified atom stereocenters. The molecule has 2 aromatic rings. The van der Waals surface area contributed by atoms with E-state index in [1.54, 1.807) is 11.1 Å². The van der Waals surface area contributed by atoms with Crippen LogP contribution < -0.4 is 0 Å². The molecule has 2 heterocycles. The van der Waals surface area contributed by atoms with Crippen molar-refractivity contribution < 1.29 is 0 Å². The van der Waals surface area contributed by atoms with Crippen molar-refractivity contribution in [3.8, 4) is 0 Å². The molecule has 110 valence electrons. The average molecular weight is 281 g/mol. The van der Waals surface area contributed by atoms with Crippen molar-refractivity contribution in [3.05, 3.63) is 53.3 Å². The Kier molecular flexibility index (Phi) is 3.52. The van der Waals surface area contributed by atoms with Crippen LogP contribution in [0.4, 0.5) is 0 Å². The highest BCUT2D eigenvalue weighted by molar-refractivity contribution is 5.34. The van der Waals surface area contributed by atoms with Crippen LogP contribution >= 0.6 is 0 Å². The van der Waals surface area contributed by atoms with E-state index < -0.39 is 0 Å². The van der Waals surface area contributed by atoms with Gasteiger partial charge in [0.05, 0.1) is 0 Å². The lowest BCUT2D eigenvalue weighted by Crippen LogP contribution is -2.24. The predicted molar refractivity (Wildman–Crippen MR) is 84.3 cm³/mol. The summed E-state index contributed by atoms with van der Waals surface area (Å²) in [5.74, 6) is 1.41. The molecular weight excluding hydrogens is 258 g/mol. The number of nitrogens with zero attached hydrogens (tertiary/aromatic N) is 2. The van der Waals surface area contributed by atoms with Gasteiger partial charge in [0.1, 0.15) is 0 Å². The van der Waals surface area contributed by atoms with Crippen molar-refractivity contribution in [2.75, 3.05) is 13.1 Å². The molecule has 4 rings (SSSR count). The van der Waals surface area contributed by atoms with Crippen LogP contribution in [-0.2, 0) is 6.54 Å². The first-order valence-electron chi connectivity index (χ1n) is 8.19. The molecule has 1 aliphatic heterocycles. The fraction of sp³-hybridized carbons (Fsp3) is 0.500. The zero-order valence-electron chi connectivity index (χ0n) is 12.5. The van der Waals surface area contributed by atoms with Crippen molar-refractivity contribution >= 4 is 0 Å². The van der Waals surface area contributed by atoms with Gasteiger partial charge in [0.15, 0.2) is 0 Å². The van der Waals surface area contributed by atoms with Crippen LogP contribution in [0, 0.1) is 0 Å². The maximum atomic E-state index is 4.08. The van der Waals surface area contributed by atoms with Gasteiger partial charge in [-0.05, 0) is 61.9 Å². The SMILES string of the molecule is c1ccc(C2CC(c3ccn[nH]3)C2)c(CN2CCCC2)c1. The monoisotopic (exact) mass is 281 g/mol. The van der Waals surface area contributed by atoms with E-state index in [-0.39, 0.29) is 0 Å². The molecule has 3 nitrogen and oxygen atoms in total. The molecule has 1 N–H and O–H groups in total. The second-order valence-corrected chi connectivity index (χ2v) is 6.56. The summed E-state index contributed by atoms with van der Waals surface area (Å²) in [6.45, 7) is 3.69. The van der Waals surface area contributed by atoms with Gasteiger partial charge >= 0.3 is 0 Å². The highest BCUT2D eigenvalue weighted by Crippen LogP contribution is 2.47. The van der Waals surface area contributed by atoms with E-state index in [4.69, 9.17) is 0 Å². The topological polar surface area (TPSA) is 31.9 Å². The Balaban J connectivity index is 1.46. The van der Waals surface area contributed by atoms with Crippen molar-refractivity contribution in [2.45, 2.75) is 44.1 Å². The maximum absolute atomic E-state index is 4.08. The lowest BCUT2D eigenvalue weighted by Gasteiger charge is -2.36. The fourth-order valence-corrected chi connectivity index (χ4v) is 3.88. The summed E-state index contributed by atoms with van der Waals surface area (Å²) < 4.78 is 0. The smallest absolute Gasteiger partial charge is 0.0490 e. The van der Waals surface area contributed by atoms with Gasteiger partial charge in [-0.1, -0.05) is 24.3 Å². The van der Waals surface area contributed by atoms with Crippen LogP contribution in [0.3, 0.4) is 0 Å². The number of rotatable bonds is 4. The third-order valence-corrected chi connectivity index (χ3v) is 5.19. The minimum absolute atomic E-state index is 0.678. The van der Waals surface area contributed by atoms with Crippen LogP contribution in [0.1, 0.15) is 54.3 Å². The fourth-order valence-electron chi connectivity index (χ4n) is 3.88. The molecule has 0 bridgehead atoms. The summed E-state index contributed by atoms with van der Waals surface area (Å²) >= 11 is 0. The molecule has 0 radical (unpaired) electrons. The van der Waals surface area contributed by atoms with Gasteiger partial charge in [-0.3, -0.25) is 10.00 Å². The second kappa shape index (κ2) is 5.64. The van der Waals surface area contributed by atoms with Crippen LogP contribution in [-0.4, -0.2) is 28.2 Å². The van der Waals surface area contributed by atoms with Gasteiger partial charge in [0, 0.05) is 24.4 Å². The largest absolute Gasteiger partial charge is 0.299 e. The molecule has 1 aliphatic carbocycles. The molecule has 1 saturated carbocycles. The molecule has 0 amide bonds. The van der Waals surface area contributed by atoms with E-state index in [1.807, 2.05) is 6.20 Å². The lowest BCUT2D eigenvalue weighted by molar-refractivity contribution is 0.316. The molecule has 1 aromatic heterocycles. The van der Waals surface area contributed by atoms with Gasteiger partial charge < -0.3 is 0 Å². The quantitative estimate of drug-likeness (QED) is 0.927. The van der Waals surface area contributed by atoms with Gasteiger partial charge in [-0.15, -0.1) is 0 Å². The predicted octanol–water partition coefficient (Wildman–Crippen LogP) is 3.67. The lowest BCUT2D eigenvalue weighted by atomic mass is 9.69. The summed E-state index contributed by atoms with van der Waals surface area (Å²) in [6, 6.07) is 11.2. The maximum Gasteiger partial charge on any atom is 0.0490 e. The van der Waals surface area contributed by atoms with Crippen LogP contribution in [0.5, 0.6) is 0 Å². The highest BCUT2D eigenvalue weighted by Gasteiger charge is 2.33. The Morgan fingerprint density at radius 2 is 1.86 bits per heavy atom. The number of aromatic nitrogens is 2. The Hall–Kier alpha value is -1.61. The Morgan fingerprint density at radius 3 is 2.62 bits per heavy atom. The van der Waals surface area contributed by atoms with Gasteiger partial charge in [-0.2, -0.15) is 5.10 Å². The van der Waals surface area contributed by atoms with E-state index >= 15 is 0 Å². The number of H-pyrrole nitrogens is 1. The van der Waals surface area contributed by atoms with E-state index in [1.165, 1.54) is 44.5 Å². The number of hydrogen-bond acceptors (Lipinski definition) is 2. The molecule has 1 saturated heterocycles. The molecule has 0 spiro atoms. The van der Waals surface area contributed by atoms with Crippen LogP contribution in [0.15, 0.2) is 36.5 Å².